The number of imide groups is 1. The Hall–Kier alpha value is -2.29. The first-order valence-electron chi connectivity index (χ1n) is 9.36. The lowest BCUT2D eigenvalue weighted by Gasteiger charge is -2.29. The molecule has 4 N–H and O–H groups in total. The van der Waals surface area contributed by atoms with Gasteiger partial charge >= 0.3 is 0 Å². The monoisotopic (exact) mass is 372 g/mol. The molecular formula is C19H24N4O4. The van der Waals surface area contributed by atoms with Crippen molar-refractivity contribution in [1.82, 2.24) is 15.5 Å². The van der Waals surface area contributed by atoms with Gasteiger partial charge in [0.15, 0.2) is 0 Å². The molecule has 8 heteroatoms. The molecule has 3 atom stereocenters. The molecule has 1 unspecified atom stereocenters. The number of benzene rings is 1. The Balaban J connectivity index is 1.43. The third-order valence-electron chi connectivity index (χ3n) is 5.56. The Labute approximate surface area is 157 Å². The van der Waals surface area contributed by atoms with Crippen LogP contribution < -0.4 is 16.4 Å². The number of nitrogens with two attached hydrogens (primary N) is 1. The van der Waals surface area contributed by atoms with E-state index in [1.807, 2.05) is 18.2 Å². The minimum Gasteiger partial charge on any atom is -0.380 e. The number of amides is 3. The third-order valence-corrected chi connectivity index (χ3v) is 5.56. The second-order valence-corrected chi connectivity index (χ2v) is 7.41. The summed E-state index contributed by atoms with van der Waals surface area (Å²) in [4.78, 5) is 37.7. The number of nitrogens with one attached hydrogen (secondary N) is 2. The first-order chi connectivity index (χ1) is 13.0. The van der Waals surface area contributed by atoms with Gasteiger partial charge in [0.2, 0.25) is 11.8 Å². The van der Waals surface area contributed by atoms with Gasteiger partial charge in [-0.15, -0.1) is 0 Å². The van der Waals surface area contributed by atoms with Gasteiger partial charge in [-0.1, -0.05) is 12.1 Å². The minimum absolute atomic E-state index is 0.0160. The van der Waals surface area contributed by atoms with Gasteiger partial charge < -0.3 is 20.7 Å². The predicted molar refractivity (Wildman–Crippen MR) is 96.5 cm³/mol. The molecule has 0 bridgehead atoms. The zero-order chi connectivity index (χ0) is 19.0. The van der Waals surface area contributed by atoms with Gasteiger partial charge in [0.1, 0.15) is 6.04 Å². The van der Waals surface area contributed by atoms with E-state index in [0.29, 0.717) is 38.3 Å². The van der Waals surface area contributed by atoms with E-state index in [1.165, 1.54) is 0 Å². The molecule has 27 heavy (non-hydrogen) atoms. The molecule has 144 valence electrons. The van der Waals surface area contributed by atoms with Crippen molar-refractivity contribution in [3.63, 3.8) is 0 Å². The summed E-state index contributed by atoms with van der Waals surface area (Å²) in [6.45, 7) is 2.34. The highest BCUT2D eigenvalue weighted by atomic mass is 16.5. The Morgan fingerprint density at radius 1 is 1.26 bits per heavy atom. The molecule has 0 aliphatic carbocycles. The fourth-order valence-corrected chi connectivity index (χ4v) is 4.00. The van der Waals surface area contributed by atoms with Gasteiger partial charge in [-0.25, -0.2) is 0 Å². The molecule has 4 rings (SSSR count). The number of ether oxygens (including phenoxy) is 1. The largest absolute Gasteiger partial charge is 0.380 e. The van der Waals surface area contributed by atoms with E-state index >= 15 is 0 Å². The van der Waals surface area contributed by atoms with Crippen LogP contribution in [0.15, 0.2) is 18.2 Å². The Kier molecular flexibility index (Phi) is 4.94. The Morgan fingerprint density at radius 2 is 2.11 bits per heavy atom. The lowest BCUT2D eigenvalue weighted by Crippen LogP contribution is -2.52. The average Bonchev–Trinajstić information content (AvgIpc) is 2.97. The Morgan fingerprint density at radius 3 is 2.89 bits per heavy atom. The van der Waals surface area contributed by atoms with Crippen molar-refractivity contribution in [3.8, 4) is 0 Å². The summed E-state index contributed by atoms with van der Waals surface area (Å²) in [7, 11) is 0. The van der Waals surface area contributed by atoms with Crippen molar-refractivity contribution in [2.75, 3.05) is 13.2 Å². The summed E-state index contributed by atoms with van der Waals surface area (Å²) < 4.78 is 5.36. The highest BCUT2D eigenvalue weighted by Crippen LogP contribution is 2.28. The van der Waals surface area contributed by atoms with Crippen molar-refractivity contribution >= 4 is 17.7 Å². The summed E-state index contributed by atoms with van der Waals surface area (Å²) in [5.41, 5.74) is 8.70. The highest BCUT2D eigenvalue weighted by molar-refractivity contribution is 6.05. The minimum atomic E-state index is -0.579. The molecule has 0 radical (unpaired) electrons. The summed E-state index contributed by atoms with van der Waals surface area (Å²) in [6.07, 6.45) is 1.52. The normalized spacial score (nSPS) is 28.3. The smallest absolute Gasteiger partial charge is 0.255 e. The van der Waals surface area contributed by atoms with E-state index in [4.69, 9.17) is 10.5 Å². The second kappa shape index (κ2) is 7.38. The van der Waals surface area contributed by atoms with Crippen LogP contribution in [0.25, 0.3) is 0 Å². The van der Waals surface area contributed by atoms with Crippen LogP contribution in [0.5, 0.6) is 0 Å². The first-order valence-corrected chi connectivity index (χ1v) is 9.36. The van der Waals surface area contributed by atoms with Crippen molar-refractivity contribution in [2.24, 2.45) is 5.73 Å². The van der Waals surface area contributed by atoms with E-state index in [2.05, 4.69) is 10.6 Å². The number of carbonyl (C=O) groups excluding carboxylic acids is 3. The number of rotatable bonds is 4. The van der Waals surface area contributed by atoms with Gasteiger partial charge in [0.25, 0.3) is 5.91 Å². The zero-order valence-electron chi connectivity index (χ0n) is 15.1. The molecule has 1 aromatic carbocycles. The standard InChI is InChI=1S/C19H24N4O4/c20-14-10-27-6-5-15(14)21-8-11-1-2-13-12(7-11)9-23(19(13)26)16-3-4-17(24)22-18(16)25/h1-2,7,14-16,21H,3-6,8-10,20H2,(H,22,24,25)/t14-,15+,16?/m1/s1. The van der Waals surface area contributed by atoms with E-state index < -0.39 is 6.04 Å². The lowest BCUT2D eigenvalue weighted by molar-refractivity contribution is -0.136. The molecule has 3 amide bonds. The van der Waals surface area contributed by atoms with Crippen molar-refractivity contribution < 1.29 is 19.1 Å². The van der Waals surface area contributed by atoms with Gasteiger partial charge in [-0.05, 0) is 30.0 Å². The summed E-state index contributed by atoms with van der Waals surface area (Å²) in [5, 5.41) is 5.79. The fraction of sp³-hybridized carbons (Fsp3) is 0.526. The number of nitrogens with zero attached hydrogens (tertiary/aromatic N) is 1. The molecule has 3 aliphatic rings. The maximum Gasteiger partial charge on any atom is 0.255 e. The van der Waals surface area contributed by atoms with Crippen molar-refractivity contribution in [2.45, 2.75) is 50.5 Å². The molecule has 0 aromatic heterocycles. The van der Waals surface area contributed by atoms with E-state index in [-0.39, 0.29) is 36.2 Å². The van der Waals surface area contributed by atoms with Gasteiger partial charge in [-0.3, -0.25) is 19.7 Å². The van der Waals surface area contributed by atoms with Crippen LogP contribution in [0.3, 0.4) is 0 Å². The van der Waals surface area contributed by atoms with Crippen LogP contribution >= 0.6 is 0 Å². The number of hydrogen-bond donors (Lipinski definition) is 3. The third kappa shape index (κ3) is 3.60. The first kappa shape index (κ1) is 18.1. The topological polar surface area (TPSA) is 114 Å². The summed E-state index contributed by atoms with van der Waals surface area (Å²) in [6, 6.07) is 5.39. The second-order valence-electron chi connectivity index (χ2n) is 7.41. The molecule has 1 aromatic rings. The molecule has 3 aliphatic heterocycles. The van der Waals surface area contributed by atoms with Gasteiger partial charge in [0.05, 0.1) is 6.61 Å². The molecule has 8 nitrogen and oxygen atoms in total. The molecule has 0 saturated carbocycles. The number of carbonyl (C=O) groups is 3. The lowest BCUT2D eigenvalue weighted by atomic mass is 10.0. The molecule has 2 fully saturated rings. The molecular weight excluding hydrogens is 348 g/mol. The predicted octanol–water partition coefficient (Wildman–Crippen LogP) is -0.347. The fourth-order valence-electron chi connectivity index (χ4n) is 4.00. The molecule has 3 heterocycles. The maximum atomic E-state index is 12.7. The molecule has 0 spiro atoms. The maximum absolute atomic E-state index is 12.7. The van der Waals surface area contributed by atoms with Crippen molar-refractivity contribution in [1.29, 1.82) is 0 Å². The van der Waals surface area contributed by atoms with E-state index in [1.54, 1.807) is 4.90 Å². The van der Waals surface area contributed by atoms with Crippen LogP contribution in [-0.2, 0) is 27.4 Å². The number of piperidine rings is 1. The average molecular weight is 372 g/mol. The molecule has 2 saturated heterocycles. The summed E-state index contributed by atoms with van der Waals surface area (Å²) in [5.74, 6) is -0.812. The highest BCUT2D eigenvalue weighted by Gasteiger charge is 2.39. The van der Waals surface area contributed by atoms with Crippen LogP contribution in [0, 0.1) is 0 Å². The van der Waals surface area contributed by atoms with Crippen LogP contribution in [-0.4, -0.2) is 54.0 Å². The number of hydrogen-bond acceptors (Lipinski definition) is 6. The van der Waals surface area contributed by atoms with Crippen LogP contribution in [0.2, 0.25) is 0 Å². The van der Waals surface area contributed by atoms with Gasteiger partial charge in [-0.2, -0.15) is 0 Å². The van der Waals surface area contributed by atoms with Gasteiger partial charge in [0, 0.05) is 43.8 Å². The number of fused-ring (bicyclic) bond motifs is 1. The SMILES string of the molecule is N[C@@H]1COCC[C@@H]1NCc1ccc2c(c1)CN(C1CCC(=O)NC1=O)C2=O. The zero-order valence-corrected chi connectivity index (χ0v) is 15.1. The van der Waals surface area contributed by atoms with Crippen LogP contribution in [0.4, 0.5) is 0 Å². The quantitative estimate of drug-likeness (QED) is 0.623. The van der Waals surface area contributed by atoms with E-state index in [9.17, 15) is 14.4 Å². The summed E-state index contributed by atoms with van der Waals surface area (Å²) >= 11 is 0. The van der Waals surface area contributed by atoms with Crippen LogP contribution in [0.1, 0.15) is 40.7 Å². The van der Waals surface area contributed by atoms with Crippen molar-refractivity contribution in [3.05, 3.63) is 34.9 Å². The van der Waals surface area contributed by atoms with E-state index in [0.717, 1.165) is 17.5 Å². The Bertz CT molecular complexity index is 781.